The number of hydrogen-bond donors (Lipinski definition) is 2. The minimum absolute atomic E-state index is 0. The maximum absolute atomic E-state index is 5.79. The summed E-state index contributed by atoms with van der Waals surface area (Å²) in [5.74, 6) is 1.18. The van der Waals surface area contributed by atoms with Crippen LogP contribution in [0.3, 0.4) is 0 Å². The van der Waals surface area contributed by atoms with Crippen LogP contribution in [0.1, 0.15) is 18.2 Å². The van der Waals surface area contributed by atoms with Crippen LogP contribution in [-0.2, 0) is 13.0 Å². The second kappa shape index (κ2) is 7.83. The van der Waals surface area contributed by atoms with Gasteiger partial charge in [-0.05, 0) is 36.2 Å². The minimum Gasteiger partial charge on any atom is -0.467 e. The summed E-state index contributed by atoms with van der Waals surface area (Å²) in [6.07, 6.45) is 2.65. The first-order valence-electron chi connectivity index (χ1n) is 5.96. The highest BCUT2D eigenvalue weighted by atomic mass is 127. The molecule has 19 heavy (non-hydrogen) atoms. The molecule has 0 radical (unpaired) electrons. The molecule has 0 aliphatic heterocycles. The molecule has 1 heterocycles. The van der Waals surface area contributed by atoms with E-state index in [0.717, 1.165) is 17.9 Å². The minimum atomic E-state index is 0. The average Bonchev–Trinajstić information content (AvgIpc) is 2.90. The van der Waals surface area contributed by atoms with Crippen molar-refractivity contribution < 1.29 is 4.42 Å². The molecule has 2 rings (SSSR count). The number of anilines is 1. The number of nitrogens with two attached hydrogens (primary N) is 1. The van der Waals surface area contributed by atoms with Crippen molar-refractivity contribution in [2.45, 2.75) is 19.9 Å². The summed E-state index contributed by atoms with van der Waals surface area (Å²) in [6, 6.07) is 11.8. The summed E-state index contributed by atoms with van der Waals surface area (Å²) in [7, 11) is 0. The van der Waals surface area contributed by atoms with Gasteiger partial charge in [-0.15, -0.1) is 24.0 Å². The Morgan fingerprint density at radius 2 is 2.00 bits per heavy atom. The molecule has 0 saturated heterocycles. The van der Waals surface area contributed by atoms with Crippen LogP contribution in [0.5, 0.6) is 0 Å². The Bertz CT molecular complexity index is 506. The van der Waals surface area contributed by atoms with Gasteiger partial charge in [-0.2, -0.15) is 0 Å². The summed E-state index contributed by atoms with van der Waals surface area (Å²) in [6.45, 7) is 2.57. The van der Waals surface area contributed by atoms with Gasteiger partial charge in [-0.3, -0.25) is 0 Å². The van der Waals surface area contributed by atoms with Gasteiger partial charge in [-0.25, -0.2) is 4.99 Å². The number of nitrogens with zero attached hydrogens (tertiary/aromatic N) is 1. The smallest absolute Gasteiger partial charge is 0.193 e. The predicted octanol–water partition coefficient (Wildman–Crippen LogP) is 3.39. The normalized spacial score (nSPS) is 10.9. The molecule has 0 saturated carbocycles. The second-order valence-electron chi connectivity index (χ2n) is 3.96. The molecule has 1 aromatic heterocycles. The van der Waals surface area contributed by atoms with Gasteiger partial charge in [-0.1, -0.05) is 19.1 Å². The molecule has 0 atom stereocenters. The maximum Gasteiger partial charge on any atom is 0.193 e. The molecule has 0 fully saturated rings. The summed E-state index contributed by atoms with van der Waals surface area (Å²) in [4.78, 5) is 4.19. The van der Waals surface area contributed by atoms with Crippen molar-refractivity contribution in [2.24, 2.45) is 10.7 Å². The van der Waals surface area contributed by atoms with Crippen LogP contribution in [-0.4, -0.2) is 5.96 Å². The van der Waals surface area contributed by atoms with E-state index in [-0.39, 0.29) is 24.0 Å². The highest BCUT2D eigenvalue weighted by molar-refractivity contribution is 14.0. The predicted molar refractivity (Wildman–Crippen MR) is 88.9 cm³/mol. The third-order valence-electron chi connectivity index (χ3n) is 2.62. The molecule has 2 aromatic rings. The van der Waals surface area contributed by atoms with Gasteiger partial charge in [0.2, 0.25) is 0 Å². The van der Waals surface area contributed by atoms with E-state index in [2.05, 4.69) is 29.4 Å². The van der Waals surface area contributed by atoms with Gasteiger partial charge < -0.3 is 15.5 Å². The number of hydrogen-bond acceptors (Lipinski definition) is 2. The topological polar surface area (TPSA) is 63.5 Å². The maximum atomic E-state index is 5.79. The van der Waals surface area contributed by atoms with E-state index >= 15 is 0 Å². The number of aryl methyl sites for hydroxylation is 1. The largest absolute Gasteiger partial charge is 0.467 e. The van der Waals surface area contributed by atoms with Crippen LogP contribution in [0.2, 0.25) is 0 Å². The monoisotopic (exact) mass is 371 g/mol. The lowest BCUT2D eigenvalue weighted by molar-refractivity contribution is 0.513. The lowest BCUT2D eigenvalue weighted by Gasteiger charge is -2.05. The van der Waals surface area contributed by atoms with E-state index in [4.69, 9.17) is 10.2 Å². The summed E-state index contributed by atoms with van der Waals surface area (Å²) in [5.41, 5.74) is 8.03. The number of rotatable bonds is 4. The van der Waals surface area contributed by atoms with E-state index in [1.54, 1.807) is 6.26 Å². The summed E-state index contributed by atoms with van der Waals surface area (Å²) in [5, 5.41) is 3.04. The fourth-order valence-corrected chi connectivity index (χ4v) is 1.58. The summed E-state index contributed by atoms with van der Waals surface area (Å²) < 4.78 is 5.17. The van der Waals surface area contributed by atoms with Crippen LogP contribution in [0.25, 0.3) is 0 Å². The van der Waals surface area contributed by atoms with E-state index < -0.39 is 0 Å². The highest BCUT2D eigenvalue weighted by Crippen LogP contribution is 2.09. The van der Waals surface area contributed by atoms with Crippen molar-refractivity contribution in [1.29, 1.82) is 0 Å². The molecule has 1 aromatic carbocycles. The Kier molecular flexibility index (Phi) is 6.41. The van der Waals surface area contributed by atoms with E-state index in [0.29, 0.717) is 12.5 Å². The Morgan fingerprint density at radius 1 is 1.26 bits per heavy atom. The van der Waals surface area contributed by atoms with Crippen LogP contribution < -0.4 is 11.1 Å². The standard InChI is InChI=1S/C14H17N3O.HI/c1-2-11-5-7-12(8-6-11)17-14(15)16-10-13-4-3-9-18-13;/h3-9H,2,10H2,1H3,(H3,15,16,17);1H. The number of furan rings is 1. The Labute approximate surface area is 130 Å². The van der Waals surface area contributed by atoms with Crippen LogP contribution in [0.4, 0.5) is 5.69 Å². The van der Waals surface area contributed by atoms with Crippen molar-refractivity contribution >= 4 is 35.6 Å². The summed E-state index contributed by atoms with van der Waals surface area (Å²) >= 11 is 0. The average molecular weight is 371 g/mol. The molecular weight excluding hydrogens is 353 g/mol. The van der Waals surface area contributed by atoms with E-state index in [9.17, 15) is 0 Å². The number of aliphatic imine (C=N–C) groups is 1. The zero-order valence-corrected chi connectivity index (χ0v) is 13.1. The molecule has 4 nitrogen and oxygen atoms in total. The molecule has 0 unspecified atom stereocenters. The molecule has 5 heteroatoms. The Hall–Kier alpha value is -1.50. The van der Waals surface area contributed by atoms with Gasteiger partial charge in [0, 0.05) is 5.69 Å². The number of halogens is 1. The fourth-order valence-electron chi connectivity index (χ4n) is 1.58. The molecule has 0 amide bonds. The van der Waals surface area contributed by atoms with Crippen LogP contribution in [0, 0.1) is 0 Å². The van der Waals surface area contributed by atoms with Gasteiger partial charge >= 0.3 is 0 Å². The zero-order valence-electron chi connectivity index (χ0n) is 10.8. The lowest BCUT2D eigenvalue weighted by Crippen LogP contribution is -2.22. The Balaban J connectivity index is 0.00000180. The molecule has 0 spiro atoms. The van der Waals surface area contributed by atoms with Crippen molar-refractivity contribution in [3.05, 3.63) is 54.0 Å². The third-order valence-corrected chi connectivity index (χ3v) is 2.62. The molecule has 0 aliphatic carbocycles. The molecule has 3 N–H and O–H groups in total. The number of guanidine groups is 1. The first-order valence-corrected chi connectivity index (χ1v) is 5.96. The number of benzene rings is 1. The fraction of sp³-hybridized carbons (Fsp3) is 0.214. The zero-order chi connectivity index (χ0) is 12.8. The quantitative estimate of drug-likeness (QED) is 0.492. The third kappa shape index (κ3) is 4.94. The highest BCUT2D eigenvalue weighted by Gasteiger charge is 1.97. The first kappa shape index (κ1) is 15.6. The lowest BCUT2D eigenvalue weighted by atomic mass is 10.1. The van der Waals surface area contributed by atoms with Crippen molar-refractivity contribution in [1.82, 2.24) is 0 Å². The molecule has 102 valence electrons. The van der Waals surface area contributed by atoms with Gasteiger partial charge in [0.25, 0.3) is 0 Å². The van der Waals surface area contributed by atoms with E-state index in [1.807, 2.05) is 24.3 Å². The first-order chi connectivity index (χ1) is 8.78. The number of nitrogens with one attached hydrogen (secondary N) is 1. The van der Waals surface area contributed by atoms with Crippen LogP contribution >= 0.6 is 24.0 Å². The van der Waals surface area contributed by atoms with Crippen molar-refractivity contribution in [3.63, 3.8) is 0 Å². The van der Waals surface area contributed by atoms with E-state index in [1.165, 1.54) is 5.56 Å². The van der Waals surface area contributed by atoms with Crippen molar-refractivity contribution in [3.8, 4) is 0 Å². The van der Waals surface area contributed by atoms with Crippen LogP contribution in [0.15, 0.2) is 52.1 Å². The Morgan fingerprint density at radius 3 is 2.58 bits per heavy atom. The van der Waals surface area contributed by atoms with Gasteiger partial charge in [0.15, 0.2) is 5.96 Å². The van der Waals surface area contributed by atoms with Crippen molar-refractivity contribution in [2.75, 3.05) is 5.32 Å². The molecular formula is C14H18IN3O. The SMILES string of the molecule is CCc1ccc(NC(N)=NCc2ccco2)cc1.I. The van der Waals surface area contributed by atoms with Gasteiger partial charge in [0.05, 0.1) is 6.26 Å². The van der Waals surface area contributed by atoms with Gasteiger partial charge in [0.1, 0.15) is 12.3 Å². The molecule has 0 aliphatic rings. The second-order valence-corrected chi connectivity index (χ2v) is 3.96. The molecule has 0 bridgehead atoms.